The van der Waals surface area contributed by atoms with E-state index in [1.807, 2.05) is 5.92 Å². The van der Waals surface area contributed by atoms with Crippen LogP contribution in [0.3, 0.4) is 0 Å². The van der Waals surface area contributed by atoms with Gasteiger partial charge in [0, 0.05) is 21.1 Å². The molecule has 0 fully saturated rings. The minimum atomic E-state index is 0. The Balaban J connectivity index is -0.00000000115. The maximum absolute atomic E-state index is 11.1. The van der Waals surface area contributed by atoms with Crippen LogP contribution in [0.25, 0.3) is 0 Å². The molecule has 0 atom stereocenters. The van der Waals surface area contributed by atoms with Crippen LogP contribution >= 0.6 is 9.84 Å². The summed E-state index contributed by atoms with van der Waals surface area (Å²) in [4.78, 5) is 0. The van der Waals surface area contributed by atoms with Gasteiger partial charge in [-0.15, -0.1) is 5.92 Å². The van der Waals surface area contributed by atoms with E-state index in [1.165, 1.54) is 253 Å². The first-order valence-corrected chi connectivity index (χ1v) is 70.3. The molecule has 0 heterocycles. The Bertz CT molecular complexity index is 327. The summed E-state index contributed by atoms with van der Waals surface area (Å²) in [5, 5.41) is 0. The molecule has 0 aliphatic carbocycles. The van der Waals surface area contributed by atoms with E-state index in [9.17, 15) is 4.39 Å². The van der Waals surface area contributed by atoms with Crippen molar-refractivity contribution in [1.29, 1.82) is 1.28 Å². The van der Waals surface area contributed by atoms with Crippen LogP contribution in [0.5, 0.6) is 0 Å². The van der Waals surface area contributed by atoms with Gasteiger partial charge in [0.15, 0.2) is 0 Å². The van der Waals surface area contributed by atoms with Gasteiger partial charge < -0.3 is 40.5 Å². The third-order valence-corrected chi connectivity index (χ3v) is 0.439. The van der Waals surface area contributed by atoms with Crippen LogP contribution < -0.4 is 925 Å². The van der Waals surface area contributed by atoms with Crippen molar-refractivity contribution in [2.45, 2.75) is 51.5 Å². The number of hydrogen-bond acceptors (Lipinski definition) is 0. The third-order valence-electron chi connectivity index (χ3n) is 0.439. The van der Waals surface area contributed by atoms with Crippen molar-refractivity contribution in [2.75, 3.05) is 0 Å². The maximum atomic E-state index is 11.1. The Labute approximate surface area is 1270 Å². The zero-order valence-electron chi connectivity index (χ0n) is 44.3. The van der Waals surface area contributed by atoms with Crippen molar-refractivity contribution >= 4 is 262 Å². The molecule has 0 aromatic heterocycles. The summed E-state index contributed by atoms with van der Waals surface area (Å²) in [6, 6.07) is 0. The van der Waals surface area contributed by atoms with Crippen LogP contribution in [0.15, 0.2) is 0 Å². The molecule has 0 spiro atoms. The summed E-state index contributed by atoms with van der Waals surface area (Å²) in [5.74, 6) is 14.0. The molecule has 0 bridgehead atoms. The monoisotopic (exact) mass is 1500 g/mol. The molecule has 0 radical (unpaired) electrons. The molecule has 0 nitrogen and oxygen atoms in total. The Morgan fingerprint density at radius 1 is 0.511 bits per heavy atom. The van der Waals surface area contributed by atoms with Gasteiger partial charge in [-0.2, -0.15) is 0 Å². The Morgan fingerprint density at radius 2 is 0.644 bits per heavy atom. The van der Waals surface area contributed by atoms with Crippen molar-refractivity contribution in [2.24, 2.45) is 0 Å². The normalized spacial score (nSPS) is 2.02. The summed E-state index contributed by atoms with van der Waals surface area (Å²) in [5.41, 5.74) is 0. The van der Waals surface area contributed by atoms with Crippen LogP contribution in [0.4, 0.5) is 4.39 Å². The van der Waals surface area contributed by atoms with E-state index in [0.717, 1.165) is 0 Å². The standard InChI is InChI=1S/C8H4F.6CH4.2CH3.26K.H2P.W.8H/c1-2-3-4-5-6-7-8-9;;;;;;;;;;;;;;;;;;;;;;;;;;;;;;;;;;;;;;;;;;;;/h8H,1H3;6*1H4;2*1H3;;;;;;;;;;;;;;;;;;;;;;;;;;;1H2;;;;;;;;;/q-1;;;;;;;2*-1;;;;;;;;;18*+1;-1;;8*-1/i;;;;;;;2*1D;;;;;;;;;;;;;;;;;;;;;;;;;;;1T;;6*1+2;;. The first-order valence-electron chi connectivity index (χ1n) is 8.17. The third kappa shape index (κ3) is 263. The van der Waals surface area contributed by atoms with E-state index < -0.39 is 0 Å². The van der Waals surface area contributed by atoms with Gasteiger partial charge >= 0.3 is 1180 Å². The SMILES string of the molecule is C.C.C.C.C.C.CC#CC#CC#C[CH-]F.[2H][CH2-].[2H][CH2-].[3H-].[3H-].[3H-].[3H-].[3H-].[3H-].[3H][PH-].[H-].[H-].[K+].[K+].[K+].[K+].[K+].[K+].[K+].[K+].[K+].[K+].[K+].[K+].[K+].[K+].[K+].[K+].[K+].[K+].[K][K].[K][K].[K][K].[K][K].[W]. The smallest absolute Gasteiger partial charge is 0 e. The van der Waals surface area contributed by atoms with Gasteiger partial charge in [0.2, 0.25) is 0 Å². The topological polar surface area (TPSA) is 0 Å². The van der Waals surface area contributed by atoms with Crippen LogP contribution in [0, 0.1) is 57.0 Å². The van der Waals surface area contributed by atoms with E-state index in [2.05, 4.69) is 54.3 Å². The molecule has 0 aliphatic rings. The second-order valence-corrected chi connectivity index (χ2v) is 1.00. The van der Waals surface area contributed by atoms with E-state index in [0.29, 0.717) is 0 Å². The van der Waals surface area contributed by atoms with Crippen LogP contribution in [-0.4, -0.2) is 254 Å². The molecule has 45 heavy (non-hydrogen) atoms. The van der Waals surface area contributed by atoms with Crippen molar-refractivity contribution in [3.05, 3.63) is 21.5 Å². The molecule has 0 aliphatic heterocycles. The van der Waals surface area contributed by atoms with Crippen molar-refractivity contribution < 1.29 is 965 Å². The molecular weight excluding hydrogens is 1440 g/mol. The molecule has 0 unspecified atom stereocenters. The Kier molecular flexibility index (Phi) is 1140. The maximum Gasteiger partial charge on any atom is 0 e. The van der Waals surface area contributed by atoms with Gasteiger partial charge in [0.1, 0.15) is 0 Å². The molecular formula is C16H44FK26PW+6. The Morgan fingerprint density at radius 3 is 0.756 bits per heavy atom. The van der Waals surface area contributed by atoms with Crippen molar-refractivity contribution in [3.8, 4) is 35.5 Å². The fourth-order valence-corrected chi connectivity index (χ4v) is 0.188. The zero-order valence-corrected chi connectivity index (χ0v) is 118. The summed E-state index contributed by atoms with van der Waals surface area (Å²) in [7, 11) is 7.22. The minimum absolute atomic E-state index is 0. The van der Waals surface area contributed by atoms with Crippen molar-refractivity contribution in [3.63, 3.8) is 0 Å². The van der Waals surface area contributed by atoms with Crippen molar-refractivity contribution in [1.82, 2.24) is 0 Å². The van der Waals surface area contributed by atoms with Crippen LogP contribution in [0.2, 0.25) is 0 Å². The molecule has 146 valence electrons. The molecule has 0 N–H and O–H groups in total. The Hall–Kier alpha value is 42.1. The van der Waals surface area contributed by atoms with Crippen LogP contribution in [-0.2, 0) is 21.1 Å². The molecule has 0 saturated heterocycles. The average molecular weight is 1500 g/mol. The van der Waals surface area contributed by atoms with Gasteiger partial charge in [-0.1, -0.05) is 50.5 Å². The van der Waals surface area contributed by atoms with E-state index in [-0.39, 0.29) is 1010 Å². The molecule has 0 aromatic rings. The predicted molar refractivity (Wildman–Crippen MR) is 152 cm³/mol. The van der Waals surface area contributed by atoms with Gasteiger partial charge in [0.25, 0.3) is 0 Å². The minimum Gasteiger partial charge on any atom is 0 e. The van der Waals surface area contributed by atoms with Gasteiger partial charge in [-0.3, -0.25) is 0 Å². The zero-order chi connectivity index (χ0) is 20.9. The summed E-state index contributed by atoms with van der Waals surface area (Å²) < 4.78 is 27.7. The molecule has 0 amide bonds. The second-order valence-electron chi connectivity index (χ2n) is 1.00. The average Bonchev–Trinajstić information content (AvgIpc) is 2.72. The molecule has 0 rings (SSSR count). The second kappa shape index (κ2) is 259. The van der Waals surface area contributed by atoms with Gasteiger partial charge in [-0.25, -0.2) is 15.9 Å². The van der Waals surface area contributed by atoms with Gasteiger partial charge in [-0.05, 0) is 25.4 Å². The predicted octanol–water partition coefficient (Wildman–Crippen LogP) is -49.9. The molecule has 0 aromatic carbocycles. The quantitative estimate of drug-likeness (QED) is 0.0981. The fraction of sp³-hybridized carbons (Fsp3) is 0.438. The summed E-state index contributed by atoms with van der Waals surface area (Å²) in [6.07, 6.45) is 0. The first-order chi connectivity index (χ1) is 11.4. The summed E-state index contributed by atoms with van der Waals surface area (Å²) >= 11 is 10.0. The summed E-state index contributed by atoms with van der Waals surface area (Å²) in [6.45, 7) is 1.91. The van der Waals surface area contributed by atoms with Crippen LogP contribution in [0.1, 0.15) is 65.6 Å². The first kappa shape index (κ1) is 198. The van der Waals surface area contributed by atoms with Gasteiger partial charge in [0.05, 0.1) is 0 Å². The largest absolute Gasteiger partial charge is 0 e. The number of rotatable bonds is 0. The van der Waals surface area contributed by atoms with E-state index >= 15 is 0 Å². The van der Waals surface area contributed by atoms with E-state index in [1.54, 1.807) is 6.92 Å². The molecule has 0 saturated carbocycles. The fourth-order valence-electron chi connectivity index (χ4n) is 0.188. The number of halogens is 1. The number of hydrogen-bond donors (Lipinski definition) is 0. The molecule has 29 heteroatoms. The van der Waals surface area contributed by atoms with E-state index in [4.69, 9.17) is 4.02 Å².